The van der Waals surface area contributed by atoms with Gasteiger partial charge in [-0.3, -0.25) is 9.58 Å². The second kappa shape index (κ2) is 7.12. The zero-order valence-electron chi connectivity index (χ0n) is 14.0. The molecule has 8 nitrogen and oxygen atoms in total. The number of ether oxygens (including phenoxy) is 1. The van der Waals surface area contributed by atoms with E-state index in [2.05, 4.69) is 32.0 Å². The highest BCUT2D eigenvalue weighted by Gasteiger charge is 2.28. The Labute approximate surface area is 145 Å². The van der Waals surface area contributed by atoms with Gasteiger partial charge in [0.2, 0.25) is 11.7 Å². The van der Waals surface area contributed by atoms with E-state index >= 15 is 0 Å². The minimum atomic E-state index is 0.0344. The quantitative estimate of drug-likeness (QED) is 0.700. The van der Waals surface area contributed by atoms with Crippen LogP contribution in [0, 0.1) is 0 Å². The van der Waals surface area contributed by atoms with E-state index in [1.165, 1.54) is 6.33 Å². The van der Waals surface area contributed by atoms with Gasteiger partial charge in [0.15, 0.2) is 0 Å². The van der Waals surface area contributed by atoms with Crippen LogP contribution in [0.2, 0.25) is 0 Å². The molecule has 0 bridgehead atoms. The van der Waals surface area contributed by atoms with E-state index in [0.717, 1.165) is 18.7 Å². The predicted molar refractivity (Wildman–Crippen MR) is 89.5 cm³/mol. The fraction of sp³-hybridized carbons (Fsp3) is 0.412. The van der Waals surface area contributed by atoms with Crippen molar-refractivity contribution >= 4 is 0 Å². The minimum Gasteiger partial charge on any atom is -0.374 e. The summed E-state index contributed by atoms with van der Waals surface area (Å²) in [4.78, 5) is 10.8. The van der Waals surface area contributed by atoms with Crippen LogP contribution in [0.3, 0.4) is 0 Å². The second-order valence-corrected chi connectivity index (χ2v) is 6.10. The lowest BCUT2D eigenvalue weighted by molar-refractivity contribution is -0.0532. The first-order chi connectivity index (χ1) is 12.3. The zero-order chi connectivity index (χ0) is 17.1. The van der Waals surface area contributed by atoms with Crippen LogP contribution in [0.25, 0.3) is 11.4 Å². The number of rotatable bonds is 5. The van der Waals surface area contributed by atoms with E-state index in [9.17, 15) is 0 Å². The van der Waals surface area contributed by atoms with Crippen LogP contribution >= 0.6 is 0 Å². The average molecular weight is 340 g/mol. The number of benzene rings is 1. The fourth-order valence-corrected chi connectivity index (χ4v) is 3.01. The van der Waals surface area contributed by atoms with Crippen molar-refractivity contribution in [3.8, 4) is 11.4 Å². The summed E-state index contributed by atoms with van der Waals surface area (Å²) in [6, 6.07) is 9.88. The smallest absolute Gasteiger partial charge is 0.244 e. The summed E-state index contributed by atoms with van der Waals surface area (Å²) < 4.78 is 13.1. The second-order valence-electron chi connectivity index (χ2n) is 6.10. The Balaban J connectivity index is 1.43. The van der Waals surface area contributed by atoms with Crippen molar-refractivity contribution in [2.75, 3.05) is 19.7 Å². The van der Waals surface area contributed by atoms with Crippen LogP contribution in [0.4, 0.5) is 0 Å². The minimum absolute atomic E-state index is 0.0344. The SMILES string of the molecule is C[C@H](c1nc(-c2ccccc2)no1)N1CCO[C@H](Cn2cncn2)C1. The van der Waals surface area contributed by atoms with Crippen molar-refractivity contribution in [3.63, 3.8) is 0 Å². The molecular formula is C17H20N6O2. The van der Waals surface area contributed by atoms with Gasteiger partial charge in [0.25, 0.3) is 0 Å². The maximum Gasteiger partial charge on any atom is 0.244 e. The topological polar surface area (TPSA) is 82.1 Å². The van der Waals surface area contributed by atoms with Crippen LogP contribution in [-0.2, 0) is 11.3 Å². The van der Waals surface area contributed by atoms with Crippen LogP contribution < -0.4 is 0 Å². The summed E-state index contributed by atoms with van der Waals surface area (Å²) >= 11 is 0. The van der Waals surface area contributed by atoms with Gasteiger partial charge in [-0.1, -0.05) is 35.5 Å². The van der Waals surface area contributed by atoms with Crippen molar-refractivity contribution in [1.29, 1.82) is 0 Å². The van der Waals surface area contributed by atoms with Gasteiger partial charge >= 0.3 is 0 Å². The molecule has 3 aromatic rings. The first kappa shape index (κ1) is 15.9. The van der Waals surface area contributed by atoms with Crippen molar-refractivity contribution in [3.05, 3.63) is 48.9 Å². The van der Waals surface area contributed by atoms with E-state index < -0.39 is 0 Å². The van der Waals surface area contributed by atoms with Gasteiger partial charge in [-0.05, 0) is 6.92 Å². The zero-order valence-corrected chi connectivity index (χ0v) is 14.0. The number of hydrogen-bond acceptors (Lipinski definition) is 7. The number of morpholine rings is 1. The summed E-state index contributed by atoms with van der Waals surface area (Å²) in [6.45, 7) is 5.05. The van der Waals surface area contributed by atoms with Crippen LogP contribution in [0.1, 0.15) is 18.9 Å². The lowest BCUT2D eigenvalue weighted by Gasteiger charge is -2.35. The molecule has 0 amide bonds. The molecular weight excluding hydrogens is 320 g/mol. The molecule has 1 saturated heterocycles. The molecule has 0 radical (unpaired) electrons. The molecule has 3 heterocycles. The van der Waals surface area contributed by atoms with Gasteiger partial charge in [-0.25, -0.2) is 4.98 Å². The molecule has 4 rings (SSSR count). The molecule has 8 heteroatoms. The van der Waals surface area contributed by atoms with Crippen LogP contribution in [0.5, 0.6) is 0 Å². The molecule has 0 aliphatic carbocycles. The summed E-state index contributed by atoms with van der Waals surface area (Å²) in [6.07, 6.45) is 3.30. The molecule has 130 valence electrons. The highest BCUT2D eigenvalue weighted by molar-refractivity contribution is 5.53. The molecule has 1 aliphatic heterocycles. The lowest BCUT2D eigenvalue weighted by Crippen LogP contribution is -2.45. The summed E-state index contributed by atoms with van der Waals surface area (Å²) in [5.41, 5.74) is 0.954. The highest BCUT2D eigenvalue weighted by Crippen LogP contribution is 2.24. The normalized spacial score (nSPS) is 19.8. The van der Waals surface area contributed by atoms with E-state index in [0.29, 0.717) is 24.9 Å². The number of aromatic nitrogens is 5. The van der Waals surface area contributed by atoms with Gasteiger partial charge in [0.1, 0.15) is 12.7 Å². The predicted octanol–water partition coefficient (Wildman–Crippen LogP) is 1.79. The molecule has 1 fully saturated rings. The van der Waals surface area contributed by atoms with Gasteiger partial charge in [-0.15, -0.1) is 0 Å². The molecule has 25 heavy (non-hydrogen) atoms. The third-order valence-corrected chi connectivity index (χ3v) is 4.41. The van der Waals surface area contributed by atoms with E-state index in [1.54, 1.807) is 11.0 Å². The Kier molecular flexibility index (Phi) is 4.53. The lowest BCUT2D eigenvalue weighted by atomic mass is 10.2. The van der Waals surface area contributed by atoms with Crippen molar-refractivity contribution in [2.45, 2.75) is 25.6 Å². The molecule has 2 atom stereocenters. The molecule has 0 spiro atoms. The number of hydrogen-bond donors (Lipinski definition) is 0. The van der Waals surface area contributed by atoms with Gasteiger partial charge < -0.3 is 9.26 Å². The van der Waals surface area contributed by atoms with Gasteiger partial charge in [-0.2, -0.15) is 10.1 Å². The largest absolute Gasteiger partial charge is 0.374 e. The van der Waals surface area contributed by atoms with Gasteiger partial charge in [0, 0.05) is 18.7 Å². The van der Waals surface area contributed by atoms with Crippen LogP contribution in [0.15, 0.2) is 47.5 Å². The Hall–Kier alpha value is -2.58. The van der Waals surface area contributed by atoms with Crippen molar-refractivity contribution in [2.24, 2.45) is 0 Å². The van der Waals surface area contributed by atoms with Crippen molar-refractivity contribution in [1.82, 2.24) is 29.8 Å². The van der Waals surface area contributed by atoms with E-state index in [-0.39, 0.29) is 12.1 Å². The third-order valence-electron chi connectivity index (χ3n) is 4.41. The summed E-state index contributed by atoms with van der Waals surface area (Å²) in [7, 11) is 0. The molecule has 0 saturated carbocycles. The first-order valence-corrected chi connectivity index (χ1v) is 8.36. The number of nitrogens with zero attached hydrogens (tertiary/aromatic N) is 6. The maximum absolute atomic E-state index is 5.85. The third kappa shape index (κ3) is 3.59. The highest BCUT2D eigenvalue weighted by atomic mass is 16.5. The Morgan fingerprint density at radius 3 is 2.96 bits per heavy atom. The van der Waals surface area contributed by atoms with E-state index in [1.807, 2.05) is 30.3 Å². The van der Waals surface area contributed by atoms with Crippen molar-refractivity contribution < 1.29 is 9.26 Å². The molecule has 1 aliphatic rings. The van der Waals surface area contributed by atoms with Gasteiger partial charge in [0.05, 0.1) is 25.3 Å². The average Bonchev–Trinajstić information content (AvgIpc) is 3.34. The Morgan fingerprint density at radius 1 is 1.28 bits per heavy atom. The molecule has 0 unspecified atom stereocenters. The van der Waals surface area contributed by atoms with E-state index in [4.69, 9.17) is 9.26 Å². The fourth-order valence-electron chi connectivity index (χ4n) is 3.01. The standard InChI is InChI=1S/C17H20N6O2/c1-13(17-20-16(21-25-17)14-5-3-2-4-6-14)22-7-8-24-15(9-22)10-23-12-18-11-19-23/h2-6,11-13,15H,7-10H2,1H3/t13-,15+/m1/s1. The molecule has 2 aromatic heterocycles. The molecule has 0 N–H and O–H groups in total. The summed E-state index contributed by atoms with van der Waals surface area (Å²) in [5.74, 6) is 1.25. The monoisotopic (exact) mass is 340 g/mol. The first-order valence-electron chi connectivity index (χ1n) is 8.36. The van der Waals surface area contributed by atoms with Crippen LogP contribution in [-0.4, -0.2) is 55.6 Å². The Bertz CT molecular complexity index is 789. The maximum atomic E-state index is 5.85. The molecule has 1 aromatic carbocycles. The summed E-state index contributed by atoms with van der Waals surface area (Å²) in [5, 5.41) is 8.26. The Morgan fingerprint density at radius 2 is 2.16 bits per heavy atom.